The molecule has 8 heteroatoms. The lowest BCUT2D eigenvalue weighted by Gasteiger charge is -2.21. The zero-order chi connectivity index (χ0) is 22.0. The van der Waals surface area contributed by atoms with Crippen LogP contribution in [0.5, 0.6) is 0 Å². The van der Waals surface area contributed by atoms with Gasteiger partial charge in [-0.2, -0.15) is 0 Å². The first kappa shape index (κ1) is 21.1. The minimum atomic E-state index is -0.887. The monoisotopic (exact) mass is 453 g/mol. The van der Waals surface area contributed by atoms with Crippen LogP contribution in [0.25, 0.3) is 0 Å². The topological polar surface area (TPSA) is 69.7 Å². The highest BCUT2D eigenvalue weighted by Gasteiger charge is 2.46. The lowest BCUT2D eigenvalue weighted by molar-refractivity contribution is -0.124. The van der Waals surface area contributed by atoms with E-state index in [1.165, 1.54) is 21.1 Å². The Kier molecular flexibility index (Phi) is 6.06. The number of nitrogens with one attached hydrogen (secondary N) is 1. The number of carbonyl (C=O) groups excluding carboxylic acids is 3. The Hall–Kier alpha value is -3.16. The molecule has 0 radical (unpaired) electrons. The van der Waals surface area contributed by atoms with E-state index in [-0.39, 0.29) is 18.9 Å². The van der Waals surface area contributed by atoms with Gasteiger partial charge in [-0.25, -0.2) is 9.69 Å². The summed E-state index contributed by atoms with van der Waals surface area (Å²) in [7, 11) is 0. The maximum Gasteiger partial charge on any atom is 0.332 e. The maximum absolute atomic E-state index is 13.3. The summed E-state index contributed by atoms with van der Waals surface area (Å²) in [5, 5.41) is 5.25. The van der Waals surface area contributed by atoms with Crippen LogP contribution >= 0.6 is 22.9 Å². The minimum Gasteiger partial charge on any atom is -0.326 e. The Labute approximate surface area is 189 Å². The Morgan fingerprint density at radius 3 is 2.55 bits per heavy atom. The van der Waals surface area contributed by atoms with Crippen molar-refractivity contribution in [2.45, 2.75) is 25.9 Å². The highest BCUT2D eigenvalue weighted by atomic mass is 35.5. The Morgan fingerprint density at radius 2 is 1.87 bits per heavy atom. The fourth-order valence-corrected chi connectivity index (χ4v) is 4.34. The van der Waals surface area contributed by atoms with Crippen molar-refractivity contribution in [2.24, 2.45) is 0 Å². The van der Waals surface area contributed by atoms with Gasteiger partial charge in [0.05, 0.1) is 18.7 Å². The van der Waals surface area contributed by atoms with Crippen LogP contribution in [0.15, 0.2) is 66.0 Å². The molecule has 1 fully saturated rings. The molecule has 1 aliphatic heterocycles. The number of nitrogens with zero attached hydrogens (tertiary/aromatic N) is 2. The molecule has 4 rings (SSSR count). The van der Waals surface area contributed by atoms with Crippen LogP contribution in [0.1, 0.15) is 16.9 Å². The fourth-order valence-electron chi connectivity index (χ4n) is 3.51. The minimum absolute atomic E-state index is 0.138. The third kappa shape index (κ3) is 4.62. The normalized spacial score (nSPS) is 16.1. The Morgan fingerprint density at radius 1 is 1.10 bits per heavy atom. The molecule has 1 aromatic heterocycles. The van der Waals surface area contributed by atoms with E-state index in [9.17, 15) is 14.4 Å². The summed E-state index contributed by atoms with van der Waals surface area (Å²) in [4.78, 5) is 42.8. The molecular formula is C23H20ClN3O3S. The zero-order valence-electron chi connectivity index (χ0n) is 16.7. The smallest absolute Gasteiger partial charge is 0.326 e. The van der Waals surface area contributed by atoms with Gasteiger partial charge in [-0.3, -0.25) is 9.59 Å². The number of anilines is 2. The van der Waals surface area contributed by atoms with E-state index in [4.69, 9.17) is 11.6 Å². The van der Waals surface area contributed by atoms with Crippen LogP contribution in [0.2, 0.25) is 5.02 Å². The largest absolute Gasteiger partial charge is 0.332 e. The van der Waals surface area contributed by atoms with E-state index in [1.807, 2.05) is 30.5 Å². The predicted octanol–water partition coefficient (Wildman–Crippen LogP) is 5.08. The first-order valence-electron chi connectivity index (χ1n) is 9.71. The molecule has 2 aromatic carbocycles. The number of amides is 4. The molecule has 0 saturated carbocycles. The van der Waals surface area contributed by atoms with Crippen molar-refractivity contribution in [2.75, 3.05) is 10.2 Å². The molecule has 1 aliphatic rings. The van der Waals surface area contributed by atoms with Gasteiger partial charge < -0.3 is 10.2 Å². The lowest BCUT2D eigenvalue weighted by Crippen LogP contribution is -2.37. The molecule has 0 spiro atoms. The quantitative estimate of drug-likeness (QED) is 0.529. The number of thiophene rings is 1. The molecule has 158 valence electrons. The highest BCUT2D eigenvalue weighted by Crippen LogP contribution is 2.30. The van der Waals surface area contributed by atoms with E-state index in [1.54, 1.807) is 42.5 Å². The van der Waals surface area contributed by atoms with Crippen LogP contribution in [0.3, 0.4) is 0 Å². The average molecular weight is 454 g/mol. The predicted molar refractivity (Wildman–Crippen MR) is 122 cm³/mol. The van der Waals surface area contributed by atoms with Crippen molar-refractivity contribution in [3.63, 3.8) is 0 Å². The number of imide groups is 1. The van der Waals surface area contributed by atoms with Gasteiger partial charge in [-0.1, -0.05) is 29.8 Å². The third-order valence-corrected chi connectivity index (χ3v) is 6.10. The highest BCUT2D eigenvalue weighted by molar-refractivity contribution is 7.09. The number of urea groups is 1. The van der Waals surface area contributed by atoms with E-state index < -0.39 is 18.0 Å². The average Bonchev–Trinajstić information content (AvgIpc) is 3.32. The van der Waals surface area contributed by atoms with E-state index in [0.29, 0.717) is 16.4 Å². The number of hydrogen-bond acceptors (Lipinski definition) is 4. The number of hydrogen-bond donors (Lipinski definition) is 1. The van der Waals surface area contributed by atoms with Gasteiger partial charge in [0.25, 0.3) is 5.91 Å². The number of aryl methyl sites for hydroxylation is 1. The molecule has 2 heterocycles. The van der Waals surface area contributed by atoms with Crippen molar-refractivity contribution < 1.29 is 14.4 Å². The second-order valence-electron chi connectivity index (χ2n) is 7.28. The summed E-state index contributed by atoms with van der Waals surface area (Å²) in [6, 6.07) is 16.4. The number of rotatable bonds is 6. The molecular weight excluding hydrogens is 434 g/mol. The lowest BCUT2D eigenvalue weighted by atomic mass is 10.1. The van der Waals surface area contributed by atoms with Crippen LogP contribution in [-0.2, 0) is 16.1 Å². The molecule has 1 saturated heterocycles. The van der Waals surface area contributed by atoms with Gasteiger partial charge >= 0.3 is 6.03 Å². The number of benzene rings is 2. The van der Waals surface area contributed by atoms with Crippen LogP contribution in [0, 0.1) is 6.92 Å². The summed E-state index contributed by atoms with van der Waals surface area (Å²) in [6.07, 6.45) is -0.138. The zero-order valence-corrected chi connectivity index (χ0v) is 18.3. The van der Waals surface area contributed by atoms with Crippen LogP contribution < -0.4 is 10.2 Å². The van der Waals surface area contributed by atoms with Crippen molar-refractivity contribution in [1.82, 2.24) is 4.90 Å². The summed E-state index contributed by atoms with van der Waals surface area (Å²) in [6.45, 7) is 2.17. The molecule has 31 heavy (non-hydrogen) atoms. The Balaban J connectivity index is 1.59. The molecule has 6 nitrogen and oxygen atoms in total. The van der Waals surface area contributed by atoms with Gasteiger partial charge in [-0.15, -0.1) is 11.3 Å². The van der Waals surface area contributed by atoms with Crippen LogP contribution in [-0.4, -0.2) is 28.8 Å². The maximum atomic E-state index is 13.3. The van der Waals surface area contributed by atoms with Crippen LogP contribution in [0.4, 0.5) is 16.2 Å². The van der Waals surface area contributed by atoms with Gasteiger partial charge in [0, 0.05) is 15.6 Å². The van der Waals surface area contributed by atoms with Gasteiger partial charge in [0.2, 0.25) is 5.91 Å². The van der Waals surface area contributed by atoms with Crippen molar-refractivity contribution in [1.29, 1.82) is 0 Å². The molecule has 1 atom stereocenters. The third-order valence-electron chi connectivity index (χ3n) is 4.99. The fraction of sp³-hybridized carbons (Fsp3) is 0.174. The van der Waals surface area contributed by atoms with Crippen molar-refractivity contribution in [3.8, 4) is 0 Å². The molecule has 0 aliphatic carbocycles. The standard InChI is InChI=1S/C23H20ClN3O3S/c1-15-4-2-5-18(12-15)27-22(29)20(26(23(27)30)14-19-6-3-11-31-19)13-21(28)25-17-9-7-16(24)8-10-17/h2-12,20H,13-14H2,1H3,(H,25,28)/t20-/m0/s1. The number of halogens is 1. The summed E-state index contributed by atoms with van der Waals surface area (Å²) < 4.78 is 0. The van der Waals surface area contributed by atoms with E-state index in [0.717, 1.165) is 10.4 Å². The summed E-state index contributed by atoms with van der Waals surface area (Å²) in [5.74, 6) is -0.755. The second-order valence-corrected chi connectivity index (χ2v) is 8.75. The molecule has 4 amide bonds. The first-order chi connectivity index (χ1) is 14.9. The Bertz CT molecular complexity index is 1120. The van der Waals surface area contributed by atoms with Crippen molar-refractivity contribution in [3.05, 3.63) is 81.5 Å². The second kappa shape index (κ2) is 8.91. The summed E-state index contributed by atoms with van der Waals surface area (Å²) >= 11 is 7.39. The SMILES string of the molecule is Cc1cccc(N2C(=O)[C@H](CC(=O)Nc3ccc(Cl)cc3)N(Cc3cccs3)C2=O)c1. The molecule has 3 aromatic rings. The van der Waals surface area contributed by atoms with E-state index in [2.05, 4.69) is 5.32 Å². The number of carbonyl (C=O) groups is 3. The first-order valence-corrected chi connectivity index (χ1v) is 11.0. The molecule has 1 N–H and O–H groups in total. The van der Waals surface area contributed by atoms with Gasteiger partial charge in [0.15, 0.2) is 0 Å². The molecule has 0 unspecified atom stereocenters. The van der Waals surface area contributed by atoms with Gasteiger partial charge in [0.1, 0.15) is 6.04 Å². The molecule has 0 bridgehead atoms. The van der Waals surface area contributed by atoms with Gasteiger partial charge in [-0.05, 0) is 60.3 Å². The van der Waals surface area contributed by atoms with E-state index >= 15 is 0 Å². The van der Waals surface area contributed by atoms with Crippen molar-refractivity contribution >= 4 is 52.2 Å². The summed E-state index contributed by atoms with van der Waals surface area (Å²) in [5.41, 5.74) is 2.02.